The summed E-state index contributed by atoms with van der Waals surface area (Å²) in [4.78, 5) is 28.5. The lowest BCUT2D eigenvalue weighted by Gasteiger charge is -2.32. The second-order valence-electron chi connectivity index (χ2n) is 8.89. The van der Waals surface area contributed by atoms with Gasteiger partial charge in [0.2, 0.25) is 0 Å². The fraction of sp³-hybridized carbons (Fsp3) is 0.308. The van der Waals surface area contributed by atoms with Crippen LogP contribution in [0.5, 0.6) is 0 Å². The van der Waals surface area contributed by atoms with Crippen LogP contribution in [0.4, 0.5) is 23.4 Å². The quantitative estimate of drug-likeness (QED) is 0.256. The average molecular weight is 618 g/mol. The third-order valence-corrected chi connectivity index (χ3v) is 6.89. The first-order chi connectivity index (χ1) is 18.0. The molecule has 2 aromatic carbocycles. The normalized spacial score (nSPS) is 14.1. The summed E-state index contributed by atoms with van der Waals surface area (Å²) >= 11 is 8.95. The van der Waals surface area contributed by atoms with Crippen molar-refractivity contribution in [3.05, 3.63) is 97.8 Å². The van der Waals surface area contributed by atoms with Crippen molar-refractivity contribution in [3.8, 4) is 0 Å². The molecule has 1 amide bonds. The summed E-state index contributed by atoms with van der Waals surface area (Å²) in [6.07, 6.45) is 1.66. The Morgan fingerprint density at radius 2 is 1.50 bits per heavy atom. The van der Waals surface area contributed by atoms with E-state index in [9.17, 15) is 27.2 Å². The first-order valence-electron chi connectivity index (χ1n) is 11.7. The number of amides is 1. The molecule has 0 aliphatic carbocycles. The predicted molar refractivity (Wildman–Crippen MR) is 142 cm³/mol. The molecule has 38 heavy (non-hydrogen) atoms. The molecule has 4 N–H and O–H groups in total. The Kier molecular flexibility index (Phi) is 10.7. The minimum atomic E-state index is -0.587. The van der Waals surface area contributed by atoms with E-state index in [0.29, 0.717) is 29.5 Å². The van der Waals surface area contributed by atoms with E-state index in [1.807, 2.05) is 0 Å². The van der Waals surface area contributed by atoms with E-state index >= 15 is 0 Å². The Hall–Kier alpha value is -2.89. The van der Waals surface area contributed by atoms with Crippen LogP contribution in [0.1, 0.15) is 34.3 Å². The van der Waals surface area contributed by atoms with Gasteiger partial charge >= 0.3 is 0 Å². The van der Waals surface area contributed by atoms with E-state index in [2.05, 4.69) is 31.1 Å². The first-order valence-corrected chi connectivity index (χ1v) is 13.2. The van der Waals surface area contributed by atoms with Crippen molar-refractivity contribution < 1.29 is 22.4 Å². The molecule has 1 aromatic heterocycles. The third kappa shape index (κ3) is 8.85. The van der Waals surface area contributed by atoms with Crippen molar-refractivity contribution in [2.75, 3.05) is 25.4 Å². The van der Waals surface area contributed by atoms with Crippen molar-refractivity contribution in [2.24, 2.45) is 5.92 Å². The molecule has 0 spiro atoms. The SMILES string of the molecule is Fc1cc(F)cc(CBr)c1.Nc1[nH]c(=O)c(C(=O)NCC2CCN(Cc3cc(F)cc(F)c3)CC2)cc1Cl. The van der Waals surface area contributed by atoms with Gasteiger partial charge in [-0.1, -0.05) is 27.5 Å². The van der Waals surface area contributed by atoms with Crippen LogP contribution in [-0.2, 0) is 11.9 Å². The van der Waals surface area contributed by atoms with Crippen LogP contribution in [-0.4, -0.2) is 35.4 Å². The maximum Gasteiger partial charge on any atom is 0.262 e. The number of alkyl halides is 1. The molecular formula is C26H26BrClF4N4O2. The molecule has 1 fully saturated rings. The molecule has 0 bridgehead atoms. The number of aromatic amines is 1. The van der Waals surface area contributed by atoms with Crippen LogP contribution >= 0.6 is 27.5 Å². The van der Waals surface area contributed by atoms with E-state index in [1.54, 1.807) is 0 Å². The molecule has 1 saturated heterocycles. The van der Waals surface area contributed by atoms with Gasteiger partial charge in [-0.05, 0) is 73.3 Å². The number of nitrogens with one attached hydrogen (secondary N) is 2. The number of hydrogen-bond donors (Lipinski definition) is 3. The van der Waals surface area contributed by atoms with E-state index in [1.165, 1.54) is 30.3 Å². The second kappa shape index (κ2) is 13.8. The van der Waals surface area contributed by atoms with Crippen LogP contribution < -0.4 is 16.6 Å². The van der Waals surface area contributed by atoms with Gasteiger partial charge in [-0.15, -0.1) is 0 Å². The van der Waals surface area contributed by atoms with Gasteiger partial charge in [0, 0.05) is 30.6 Å². The molecular weight excluding hydrogens is 592 g/mol. The summed E-state index contributed by atoms with van der Waals surface area (Å²) in [6, 6.07) is 8.22. The zero-order valence-corrected chi connectivity index (χ0v) is 22.5. The van der Waals surface area contributed by atoms with E-state index < -0.39 is 34.7 Å². The van der Waals surface area contributed by atoms with Gasteiger partial charge in [0.15, 0.2) is 0 Å². The Labute approximate surface area is 230 Å². The summed E-state index contributed by atoms with van der Waals surface area (Å²) in [7, 11) is 0. The highest BCUT2D eigenvalue weighted by Gasteiger charge is 2.21. The van der Waals surface area contributed by atoms with Crippen LogP contribution in [0.3, 0.4) is 0 Å². The van der Waals surface area contributed by atoms with Crippen molar-refractivity contribution in [2.45, 2.75) is 24.7 Å². The number of carbonyl (C=O) groups is 1. The third-order valence-electron chi connectivity index (χ3n) is 5.93. The zero-order valence-electron chi connectivity index (χ0n) is 20.2. The number of pyridine rings is 1. The Bertz CT molecular complexity index is 1290. The molecule has 3 aromatic rings. The Balaban J connectivity index is 0.000000336. The van der Waals surface area contributed by atoms with E-state index in [0.717, 1.165) is 38.1 Å². The molecule has 6 nitrogen and oxygen atoms in total. The number of piperidine rings is 1. The minimum Gasteiger partial charge on any atom is -0.384 e. The molecule has 0 saturated carbocycles. The molecule has 1 aliphatic heterocycles. The van der Waals surface area contributed by atoms with Crippen LogP contribution in [0.15, 0.2) is 47.3 Å². The lowest BCUT2D eigenvalue weighted by atomic mass is 9.96. The fourth-order valence-electron chi connectivity index (χ4n) is 4.02. The number of rotatable bonds is 6. The smallest absolute Gasteiger partial charge is 0.262 e. The molecule has 0 atom stereocenters. The van der Waals surface area contributed by atoms with Gasteiger partial charge in [0.05, 0.1) is 5.02 Å². The summed E-state index contributed by atoms with van der Waals surface area (Å²) in [5.41, 5.74) is 6.04. The maximum absolute atomic E-state index is 13.3. The molecule has 1 aliphatic rings. The van der Waals surface area contributed by atoms with Gasteiger partial charge < -0.3 is 16.0 Å². The van der Waals surface area contributed by atoms with Crippen molar-refractivity contribution in [1.82, 2.24) is 15.2 Å². The highest BCUT2D eigenvalue weighted by atomic mass is 79.9. The largest absolute Gasteiger partial charge is 0.384 e. The molecule has 4 rings (SSSR count). The Morgan fingerprint density at radius 1 is 0.974 bits per heavy atom. The summed E-state index contributed by atoms with van der Waals surface area (Å²) in [5.74, 6) is -2.44. The number of likely N-dealkylation sites (tertiary alicyclic amines) is 1. The molecule has 0 unspecified atom stereocenters. The standard InChI is InChI=1S/C19H21ClF2N4O2.C7H5BrF2/c20-16-8-15(19(28)25-17(16)23)18(27)24-9-11-1-3-26(4-2-11)10-12-5-13(21)7-14(22)6-12;8-4-5-1-6(9)3-7(10)2-5/h5-8,11H,1-4,9-10H2,(H,24,27)(H3,23,25,28);1-3H,4H2. The zero-order chi connectivity index (χ0) is 27.8. The highest BCUT2D eigenvalue weighted by Crippen LogP contribution is 2.20. The van der Waals surface area contributed by atoms with Gasteiger partial charge in [0.1, 0.15) is 34.7 Å². The number of hydrogen-bond acceptors (Lipinski definition) is 4. The number of nitrogens with zero attached hydrogens (tertiary/aromatic N) is 1. The first kappa shape index (κ1) is 29.7. The average Bonchev–Trinajstić information content (AvgIpc) is 2.85. The second-order valence-corrected chi connectivity index (χ2v) is 9.86. The molecule has 2 heterocycles. The summed E-state index contributed by atoms with van der Waals surface area (Å²) in [6.45, 7) is 2.43. The van der Waals surface area contributed by atoms with Gasteiger partial charge in [-0.25, -0.2) is 17.6 Å². The number of carbonyl (C=O) groups excluding carboxylic acids is 1. The molecule has 0 radical (unpaired) electrons. The monoisotopic (exact) mass is 616 g/mol. The number of halogens is 6. The van der Waals surface area contributed by atoms with Crippen molar-refractivity contribution in [1.29, 1.82) is 0 Å². The minimum absolute atomic E-state index is 0.0220. The van der Waals surface area contributed by atoms with Crippen molar-refractivity contribution in [3.63, 3.8) is 0 Å². The fourth-order valence-corrected chi connectivity index (χ4v) is 4.50. The van der Waals surface area contributed by atoms with Crippen LogP contribution in [0, 0.1) is 29.2 Å². The topological polar surface area (TPSA) is 91.2 Å². The number of aromatic nitrogens is 1. The van der Waals surface area contributed by atoms with Gasteiger partial charge in [-0.3, -0.25) is 14.5 Å². The molecule has 204 valence electrons. The lowest BCUT2D eigenvalue weighted by Crippen LogP contribution is -2.39. The van der Waals surface area contributed by atoms with Gasteiger partial charge in [0.25, 0.3) is 11.5 Å². The van der Waals surface area contributed by atoms with Crippen molar-refractivity contribution >= 4 is 39.3 Å². The van der Waals surface area contributed by atoms with E-state index in [-0.39, 0.29) is 22.3 Å². The van der Waals surface area contributed by atoms with Crippen LogP contribution in [0.2, 0.25) is 5.02 Å². The number of benzene rings is 2. The summed E-state index contributed by atoms with van der Waals surface area (Å²) < 4.78 is 51.3. The van der Waals surface area contributed by atoms with Crippen LogP contribution in [0.25, 0.3) is 0 Å². The van der Waals surface area contributed by atoms with Gasteiger partial charge in [-0.2, -0.15) is 0 Å². The predicted octanol–water partition coefficient (Wildman–Crippen LogP) is 5.39. The van der Waals surface area contributed by atoms with E-state index in [4.69, 9.17) is 17.3 Å². The number of anilines is 1. The highest BCUT2D eigenvalue weighted by molar-refractivity contribution is 9.08. The summed E-state index contributed by atoms with van der Waals surface area (Å²) in [5, 5.41) is 3.35. The Morgan fingerprint density at radius 3 is 2.03 bits per heavy atom. The number of H-pyrrole nitrogens is 1. The molecule has 12 heteroatoms. The lowest BCUT2D eigenvalue weighted by molar-refractivity contribution is 0.0933. The maximum atomic E-state index is 13.3. The number of nitrogen functional groups attached to an aromatic ring is 1. The number of nitrogens with two attached hydrogens (primary N) is 1.